The Bertz CT molecular complexity index is 693. The average molecular weight is 622 g/mol. The summed E-state index contributed by atoms with van der Waals surface area (Å²) in [5.41, 5.74) is 0. The molecule has 0 spiro atoms. The summed E-state index contributed by atoms with van der Waals surface area (Å²) in [6.45, 7) is 4.20. The Balaban J connectivity index is 4.10. The predicted molar refractivity (Wildman–Crippen MR) is 185 cm³/mol. The molecule has 1 atom stereocenters. The normalized spacial score (nSPS) is 12.0. The predicted octanol–water partition coefficient (Wildman–Crippen LogP) is 11.0. The van der Waals surface area contributed by atoms with Gasteiger partial charge in [-0.15, -0.1) is 0 Å². The minimum Gasteiger partial charge on any atom is -0.480 e. The molecule has 1 amide bonds. The van der Waals surface area contributed by atoms with E-state index in [9.17, 15) is 14.4 Å². The zero-order chi connectivity index (χ0) is 32.4. The van der Waals surface area contributed by atoms with Gasteiger partial charge >= 0.3 is 11.9 Å². The Hall–Kier alpha value is -1.85. The van der Waals surface area contributed by atoms with Crippen LogP contribution in [0.4, 0.5) is 0 Å². The number of unbranched alkanes of at least 4 members (excludes halogenated alkanes) is 21. The van der Waals surface area contributed by atoms with Crippen LogP contribution in [0.25, 0.3) is 0 Å². The number of carboxylic acid groups (broad SMARTS) is 1. The van der Waals surface area contributed by atoms with Gasteiger partial charge in [-0.05, 0) is 64.2 Å². The SMILES string of the molecule is CCCCCCC/C=C\CCCCCCCC(=O)OC(CCCCCCCCCC)CCCCCCCC(=O)NCC(=O)O. The van der Waals surface area contributed by atoms with Crippen LogP contribution in [-0.2, 0) is 19.1 Å². The van der Waals surface area contributed by atoms with E-state index in [1.54, 1.807) is 0 Å². The van der Waals surface area contributed by atoms with Gasteiger partial charge in [0.05, 0.1) is 0 Å². The Labute approximate surface area is 271 Å². The van der Waals surface area contributed by atoms with Crippen LogP contribution in [0.2, 0.25) is 0 Å². The minimum absolute atomic E-state index is 0.0243. The van der Waals surface area contributed by atoms with Gasteiger partial charge in [0, 0.05) is 12.8 Å². The Morgan fingerprint density at radius 3 is 1.45 bits per heavy atom. The van der Waals surface area contributed by atoms with E-state index >= 15 is 0 Å². The van der Waals surface area contributed by atoms with Crippen LogP contribution in [0, 0.1) is 0 Å². The summed E-state index contributed by atoms with van der Waals surface area (Å²) < 4.78 is 5.98. The fourth-order valence-corrected chi connectivity index (χ4v) is 5.63. The highest BCUT2D eigenvalue weighted by Crippen LogP contribution is 2.19. The first-order valence-corrected chi connectivity index (χ1v) is 18.8. The lowest BCUT2D eigenvalue weighted by Crippen LogP contribution is -2.28. The number of aliphatic carboxylic acids is 1. The van der Waals surface area contributed by atoms with Gasteiger partial charge < -0.3 is 15.2 Å². The molecular formula is C38H71NO5. The number of allylic oxidation sites excluding steroid dienone is 2. The van der Waals surface area contributed by atoms with Gasteiger partial charge in [-0.3, -0.25) is 14.4 Å². The summed E-state index contributed by atoms with van der Waals surface area (Å²) in [5, 5.41) is 11.0. The number of rotatable bonds is 34. The Morgan fingerprint density at radius 1 is 0.568 bits per heavy atom. The van der Waals surface area contributed by atoms with Gasteiger partial charge in [0.2, 0.25) is 5.91 Å². The van der Waals surface area contributed by atoms with Crippen molar-refractivity contribution in [3.8, 4) is 0 Å². The maximum Gasteiger partial charge on any atom is 0.322 e. The van der Waals surface area contributed by atoms with E-state index in [-0.39, 0.29) is 24.5 Å². The lowest BCUT2D eigenvalue weighted by molar-refractivity contribution is -0.150. The number of carbonyl (C=O) groups excluding carboxylic acids is 2. The number of ether oxygens (including phenoxy) is 1. The largest absolute Gasteiger partial charge is 0.480 e. The van der Waals surface area contributed by atoms with E-state index in [0.717, 1.165) is 64.2 Å². The highest BCUT2D eigenvalue weighted by atomic mass is 16.5. The van der Waals surface area contributed by atoms with Crippen molar-refractivity contribution in [2.75, 3.05) is 6.54 Å². The zero-order valence-electron chi connectivity index (χ0n) is 29.0. The molecule has 0 aliphatic carbocycles. The van der Waals surface area contributed by atoms with Crippen molar-refractivity contribution >= 4 is 17.8 Å². The van der Waals surface area contributed by atoms with Crippen molar-refractivity contribution in [1.82, 2.24) is 5.32 Å². The van der Waals surface area contributed by atoms with Gasteiger partial charge in [0.15, 0.2) is 0 Å². The van der Waals surface area contributed by atoms with Crippen LogP contribution in [0.1, 0.15) is 200 Å². The second kappa shape index (κ2) is 34.0. The van der Waals surface area contributed by atoms with E-state index in [2.05, 4.69) is 31.3 Å². The molecular weight excluding hydrogens is 550 g/mol. The molecule has 0 rings (SSSR count). The summed E-state index contributed by atoms with van der Waals surface area (Å²) >= 11 is 0. The number of amides is 1. The first-order chi connectivity index (χ1) is 21.5. The lowest BCUT2D eigenvalue weighted by atomic mass is 10.0. The third-order valence-electron chi connectivity index (χ3n) is 8.44. The molecule has 0 fully saturated rings. The second-order valence-corrected chi connectivity index (χ2v) is 12.8. The topological polar surface area (TPSA) is 92.7 Å². The summed E-state index contributed by atoms with van der Waals surface area (Å²) in [4.78, 5) is 34.8. The highest BCUT2D eigenvalue weighted by Gasteiger charge is 2.14. The van der Waals surface area contributed by atoms with E-state index in [1.807, 2.05) is 0 Å². The van der Waals surface area contributed by atoms with Crippen LogP contribution in [-0.4, -0.2) is 35.6 Å². The van der Waals surface area contributed by atoms with Crippen molar-refractivity contribution in [2.45, 2.75) is 206 Å². The number of esters is 1. The quantitative estimate of drug-likeness (QED) is 0.0423. The Morgan fingerprint density at radius 2 is 0.977 bits per heavy atom. The van der Waals surface area contributed by atoms with Crippen molar-refractivity contribution in [1.29, 1.82) is 0 Å². The number of hydrogen-bond acceptors (Lipinski definition) is 4. The molecule has 0 aromatic heterocycles. The van der Waals surface area contributed by atoms with Gasteiger partial charge in [-0.25, -0.2) is 0 Å². The van der Waals surface area contributed by atoms with Crippen molar-refractivity contribution in [2.24, 2.45) is 0 Å². The molecule has 0 aliphatic rings. The van der Waals surface area contributed by atoms with Crippen LogP contribution in [0.15, 0.2) is 12.2 Å². The molecule has 2 N–H and O–H groups in total. The summed E-state index contributed by atoms with van der Waals surface area (Å²) in [7, 11) is 0. The van der Waals surface area contributed by atoms with Crippen LogP contribution >= 0.6 is 0 Å². The van der Waals surface area contributed by atoms with E-state index in [0.29, 0.717) is 12.8 Å². The van der Waals surface area contributed by atoms with Crippen molar-refractivity contribution in [3.63, 3.8) is 0 Å². The van der Waals surface area contributed by atoms with Crippen LogP contribution in [0.3, 0.4) is 0 Å². The van der Waals surface area contributed by atoms with Gasteiger partial charge in [0.1, 0.15) is 12.6 Å². The second-order valence-electron chi connectivity index (χ2n) is 12.8. The number of carbonyl (C=O) groups is 3. The average Bonchev–Trinajstić information content (AvgIpc) is 3.00. The first kappa shape index (κ1) is 42.1. The maximum absolute atomic E-state index is 12.6. The third kappa shape index (κ3) is 33.1. The molecule has 0 aliphatic heterocycles. The van der Waals surface area contributed by atoms with Gasteiger partial charge in [-0.1, -0.05) is 135 Å². The monoisotopic (exact) mass is 622 g/mol. The molecule has 1 unspecified atom stereocenters. The summed E-state index contributed by atoms with van der Waals surface area (Å²) in [5.74, 6) is -1.23. The molecule has 0 aromatic rings. The number of nitrogens with one attached hydrogen (secondary N) is 1. The highest BCUT2D eigenvalue weighted by molar-refractivity contribution is 5.80. The van der Waals surface area contributed by atoms with Crippen molar-refractivity contribution < 1.29 is 24.2 Å². The van der Waals surface area contributed by atoms with Crippen LogP contribution in [0.5, 0.6) is 0 Å². The van der Waals surface area contributed by atoms with Crippen LogP contribution < -0.4 is 5.32 Å². The molecule has 0 bridgehead atoms. The molecule has 0 aromatic carbocycles. The van der Waals surface area contributed by atoms with E-state index < -0.39 is 5.97 Å². The minimum atomic E-state index is -1.02. The molecule has 0 saturated heterocycles. The number of carboxylic acids is 1. The molecule has 0 radical (unpaired) electrons. The zero-order valence-corrected chi connectivity index (χ0v) is 29.0. The molecule has 6 nitrogen and oxygen atoms in total. The molecule has 0 saturated carbocycles. The maximum atomic E-state index is 12.6. The van der Waals surface area contributed by atoms with Gasteiger partial charge in [0.25, 0.3) is 0 Å². The molecule has 6 heteroatoms. The van der Waals surface area contributed by atoms with E-state index in [1.165, 1.54) is 109 Å². The third-order valence-corrected chi connectivity index (χ3v) is 8.44. The van der Waals surface area contributed by atoms with Gasteiger partial charge in [-0.2, -0.15) is 0 Å². The molecule has 258 valence electrons. The van der Waals surface area contributed by atoms with E-state index in [4.69, 9.17) is 9.84 Å². The fraction of sp³-hybridized carbons (Fsp3) is 0.868. The number of hydrogen-bond donors (Lipinski definition) is 2. The summed E-state index contributed by atoms with van der Waals surface area (Å²) in [6, 6.07) is 0. The molecule has 44 heavy (non-hydrogen) atoms. The lowest BCUT2D eigenvalue weighted by Gasteiger charge is -2.18. The molecule has 0 heterocycles. The fourth-order valence-electron chi connectivity index (χ4n) is 5.63. The smallest absolute Gasteiger partial charge is 0.322 e. The first-order valence-electron chi connectivity index (χ1n) is 18.8. The van der Waals surface area contributed by atoms with Crippen molar-refractivity contribution in [3.05, 3.63) is 12.2 Å². The Kier molecular flexibility index (Phi) is 32.6. The summed E-state index contributed by atoms with van der Waals surface area (Å²) in [6.07, 6.45) is 37.5. The standard InChI is InChI=1S/C38H71NO5/c1-3-5-7-9-11-13-14-15-16-17-18-20-25-29-33-38(43)44-35(30-26-22-19-12-10-8-6-4-2)31-27-23-21-24-28-32-36(40)39-34-37(41)42/h14-15,35H,3-13,16-34H2,1-2H3,(H,39,40)(H,41,42)/b15-14-.